The predicted molar refractivity (Wildman–Crippen MR) is 134 cm³/mol. The van der Waals surface area contributed by atoms with E-state index in [1.54, 1.807) is 0 Å². The summed E-state index contributed by atoms with van der Waals surface area (Å²) in [7, 11) is 0. The Morgan fingerprint density at radius 3 is 2.41 bits per heavy atom. The van der Waals surface area contributed by atoms with E-state index < -0.39 is 10.9 Å². The van der Waals surface area contributed by atoms with Crippen LogP contribution in [0, 0.1) is 56.5 Å². The minimum Gasteiger partial charge on any atom is -0.264 e. The second-order valence-electron chi connectivity index (χ2n) is 13.1. The first kappa shape index (κ1) is 25.1. The molecule has 0 heterocycles. The smallest absolute Gasteiger partial charge is 0.232 e. The number of alkyl halides is 2. The molecular weight excluding hydrogens is 441 g/mol. The molecule has 0 aromatic rings. The third-order valence-electron chi connectivity index (χ3n) is 11.2. The van der Waals surface area contributed by atoms with Gasteiger partial charge in [0.2, 0.25) is 6.04 Å². The van der Waals surface area contributed by atoms with E-state index >= 15 is 0 Å². The van der Waals surface area contributed by atoms with Crippen molar-refractivity contribution in [1.29, 1.82) is 0 Å². The molecular formula is C27H45Cl2NO2. The molecule has 0 bridgehead atoms. The normalized spacial score (nSPS) is 49.2. The highest BCUT2D eigenvalue weighted by molar-refractivity contribution is 6.27. The fourth-order valence-corrected chi connectivity index (χ4v) is 10.5. The fourth-order valence-electron chi connectivity index (χ4n) is 9.46. The summed E-state index contributed by atoms with van der Waals surface area (Å²) in [6.45, 7) is 12.0. The van der Waals surface area contributed by atoms with Gasteiger partial charge in [0, 0.05) is 16.7 Å². The lowest BCUT2D eigenvalue weighted by atomic mass is 9.43. The van der Waals surface area contributed by atoms with Crippen LogP contribution in [0.5, 0.6) is 0 Å². The molecule has 3 nitrogen and oxygen atoms in total. The Morgan fingerprint density at radius 1 is 1.03 bits per heavy atom. The first-order valence-electron chi connectivity index (χ1n) is 13.4. The van der Waals surface area contributed by atoms with Crippen LogP contribution < -0.4 is 0 Å². The van der Waals surface area contributed by atoms with E-state index in [1.807, 2.05) is 0 Å². The van der Waals surface area contributed by atoms with Crippen LogP contribution in [0.1, 0.15) is 105 Å². The minimum absolute atomic E-state index is 0.0315. The lowest BCUT2D eigenvalue weighted by molar-refractivity contribution is -0.542. The lowest BCUT2D eigenvalue weighted by Crippen LogP contribution is -2.67. The van der Waals surface area contributed by atoms with Crippen molar-refractivity contribution < 1.29 is 4.92 Å². The van der Waals surface area contributed by atoms with Gasteiger partial charge in [-0.15, -0.1) is 23.2 Å². The molecule has 4 saturated carbocycles. The molecule has 0 unspecified atom stereocenters. The van der Waals surface area contributed by atoms with E-state index in [4.69, 9.17) is 23.2 Å². The third kappa shape index (κ3) is 3.84. The Hall–Kier alpha value is -0.0200. The Balaban J connectivity index is 1.59. The number of nitrogens with zero attached hydrogens (tertiary/aromatic N) is 1. The summed E-state index contributed by atoms with van der Waals surface area (Å²) in [5, 5.41) is 12.3. The highest BCUT2D eigenvalue weighted by Gasteiger charge is 2.70. The van der Waals surface area contributed by atoms with Crippen molar-refractivity contribution >= 4 is 23.2 Å². The zero-order valence-electron chi connectivity index (χ0n) is 20.9. The predicted octanol–water partition coefficient (Wildman–Crippen LogP) is 8.33. The molecule has 4 aliphatic carbocycles. The number of hydrogen-bond donors (Lipinski definition) is 0. The summed E-state index contributed by atoms with van der Waals surface area (Å²) in [6, 6.07) is -0.665. The lowest BCUT2D eigenvalue weighted by Gasteiger charge is -2.64. The van der Waals surface area contributed by atoms with Crippen LogP contribution in [0.25, 0.3) is 0 Å². The van der Waals surface area contributed by atoms with E-state index in [0.29, 0.717) is 36.0 Å². The maximum absolute atomic E-state index is 12.3. The molecule has 184 valence electrons. The largest absolute Gasteiger partial charge is 0.264 e. The number of nitro groups is 1. The fraction of sp³-hybridized carbons (Fsp3) is 1.00. The third-order valence-corrected chi connectivity index (χ3v) is 12.4. The first-order chi connectivity index (χ1) is 14.9. The molecule has 0 saturated heterocycles. The molecule has 4 rings (SSSR count). The van der Waals surface area contributed by atoms with Gasteiger partial charge in [-0.2, -0.15) is 0 Å². The van der Waals surface area contributed by atoms with Crippen LogP contribution in [0.2, 0.25) is 0 Å². The Kier molecular flexibility index (Phi) is 6.97. The molecule has 0 spiro atoms. The number of halogens is 2. The topological polar surface area (TPSA) is 43.1 Å². The molecule has 4 fully saturated rings. The van der Waals surface area contributed by atoms with Gasteiger partial charge < -0.3 is 0 Å². The van der Waals surface area contributed by atoms with Gasteiger partial charge in [0.1, 0.15) is 4.87 Å². The average molecular weight is 487 g/mol. The molecule has 10 atom stereocenters. The van der Waals surface area contributed by atoms with Crippen molar-refractivity contribution in [3.8, 4) is 0 Å². The molecule has 5 heteroatoms. The summed E-state index contributed by atoms with van der Waals surface area (Å²) in [5.74, 6) is 3.88. The standard InChI is InChI=1S/C27H45Cl2NO2/c1-17(2)7-6-8-18(3)21-9-10-22-20-15-24(30(31)32)27(29)16-19(28)11-14-26(27,5)23(20)12-13-25(21,22)4/h17-24H,6-16H2,1-5H3/t18-,19+,20+,21-,22+,23+,24-,25-,26-,27+/m1/s1. The van der Waals surface area contributed by atoms with E-state index in [1.165, 1.54) is 44.9 Å². The van der Waals surface area contributed by atoms with E-state index in [9.17, 15) is 10.1 Å². The summed E-state index contributed by atoms with van der Waals surface area (Å²) < 4.78 is 0. The van der Waals surface area contributed by atoms with Crippen LogP contribution in [-0.4, -0.2) is 21.2 Å². The second kappa shape index (κ2) is 8.89. The molecule has 32 heavy (non-hydrogen) atoms. The SMILES string of the molecule is CC(C)CCC[C@@H](C)[C@H]1CC[C@H]2[C@@H]3C[C@@H]([N+](=O)[O-])[C@@]4(Cl)C[C@@H](Cl)CC[C@]4(C)[C@H]3CC[C@]12C. The van der Waals surface area contributed by atoms with Gasteiger partial charge in [0.05, 0.1) is 0 Å². The van der Waals surface area contributed by atoms with Gasteiger partial charge in [-0.1, -0.05) is 53.9 Å². The Labute approximate surface area is 205 Å². The quantitative estimate of drug-likeness (QED) is 0.215. The number of hydrogen-bond acceptors (Lipinski definition) is 2. The van der Waals surface area contributed by atoms with Crippen LogP contribution in [-0.2, 0) is 0 Å². The summed E-state index contributed by atoms with van der Waals surface area (Å²) in [5.41, 5.74) is 0.162. The van der Waals surface area contributed by atoms with E-state index in [0.717, 1.165) is 30.6 Å². The Bertz CT molecular complexity index is 716. The summed E-state index contributed by atoms with van der Waals surface area (Å²) in [4.78, 5) is 11.5. The molecule has 0 radical (unpaired) electrons. The van der Waals surface area contributed by atoms with Gasteiger partial charge in [-0.05, 0) is 91.3 Å². The van der Waals surface area contributed by atoms with Crippen LogP contribution in [0.15, 0.2) is 0 Å². The van der Waals surface area contributed by atoms with Gasteiger partial charge >= 0.3 is 0 Å². The zero-order valence-corrected chi connectivity index (χ0v) is 22.4. The van der Waals surface area contributed by atoms with Crippen molar-refractivity contribution in [1.82, 2.24) is 0 Å². The molecule has 4 aliphatic rings. The molecule has 0 N–H and O–H groups in total. The van der Waals surface area contributed by atoms with Crippen molar-refractivity contribution in [2.24, 2.45) is 46.3 Å². The van der Waals surface area contributed by atoms with Gasteiger partial charge in [0.25, 0.3) is 0 Å². The van der Waals surface area contributed by atoms with Gasteiger partial charge in [-0.25, -0.2) is 0 Å². The van der Waals surface area contributed by atoms with Crippen LogP contribution in [0.4, 0.5) is 0 Å². The van der Waals surface area contributed by atoms with E-state index in [2.05, 4.69) is 34.6 Å². The van der Waals surface area contributed by atoms with Crippen molar-refractivity contribution in [3.05, 3.63) is 10.1 Å². The highest BCUT2D eigenvalue weighted by Crippen LogP contribution is 2.70. The molecule has 0 aromatic carbocycles. The van der Waals surface area contributed by atoms with Crippen LogP contribution >= 0.6 is 23.2 Å². The zero-order chi connectivity index (χ0) is 23.5. The monoisotopic (exact) mass is 485 g/mol. The highest BCUT2D eigenvalue weighted by atomic mass is 35.5. The maximum Gasteiger partial charge on any atom is 0.232 e. The summed E-state index contributed by atoms with van der Waals surface area (Å²) >= 11 is 13.9. The minimum atomic E-state index is -0.793. The Morgan fingerprint density at radius 2 is 1.75 bits per heavy atom. The number of fused-ring (bicyclic) bond motifs is 5. The molecule has 0 amide bonds. The van der Waals surface area contributed by atoms with Crippen LogP contribution in [0.3, 0.4) is 0 Å². The van der Waals surface area contributed by atoms with Crippen molar-refractivity contribution in [2.75, 3.05) is 0 Å². The van der Waals surface area contributed by atoms with Crippen molar-refractivity contribution in [3.63, 3.8) is 0 Å². The first-order valence-corrected chi connectivity index (χ1v) is 14.2. The van der Waals surface area contributed by atoms with Gasteiger partial charge in [-0.3, -0.25) is 10.1 Å². The maximum atomic E-state index is 12.3. The number of rotatable bonds is 6. The second-order valence-corrected chi connectivity index (χ2v) is 14.4. The van der Waals surface area contributed by atoms with E-state index in [-0.39, 0.29) is 15.7 Å². The molecule has 0 aliphatic heterocycles. The average Bonchev–Trinajstić information content (AvgIpc) is 3.05. The van der Waals surface area contributed by atoms with Gasteiger partial charge in [0.15, 0.2) is 0 Å². The summed E-state index contributed by atoms with van der Waals surface area (Å²) in [6.07, 6.45) is 12.1. The van der Waals surface area contributed by atoms with Crippen molar-refractivity contribution in [2.45, 2.75) is 122 Å². The molecule has 0 aromatic heterocycles.